The van der Waals surface area contributed by atoms with Crippen LogP contribution < -0.4 is 14.8 Å². The van der Waals surface area contributed by atoms with E-state index in [0.29, 0.717) is 21.5 Å². The Kier molecular flexibility index (Phi) is 8.42. The number of ether oxygens (including phenoxy) is 3. The summed E-state index contributed by atoms with van der Waals surface area (Å²) in [7, 11) is 1.56. The number of nitrogens with one attached hydrogen (secondary N) is 1. The van der Waals surface area contributed by atoms with E-state index >= 15 is 0 Å². The summed E-state index contributed by atoms with van der Waals surface area (Å²) in [4.78, 5) is 24.3. The van der Waals surface area contributed by atoms with Crippen LogP contribution in [0.1, 0.15) is 24.9 Å². The Morgan fingerprint density at radius 3 is 2.43 bits per heavy atom. The van der Waals surface area contributed by atoms with Crippen LogP contribution in [0, 0.1) is 0 Å². The van der Waals surface area contributed by atoms with Crippen molar-refractivity contribution in [2.45, 2.75) is 19.4 Å². The maximum Gasteiger partial charge on any atom is 0.308 e. The number of hydrogen-bond acceptors (Lipinski definition) is 5. The minimum absolute atomic E-state index is 0.00634. The number of rotatable bonds is 9. The first-order valence-corrected chi connectivity index (χ1v) is 9.35. The van der Waals surface area contributed by atoms with E-state index in [9.17, 15) is 9.59 Å². The highest BCUT2D eigenvalue weighted by atomic mass is 35.5. The molecule has 1 amide bonds. The Hall–Kier alpha value is -2.44. The molecule has 0 aliphatic heterocycles. The Bertz CT molecular complexity index is 811. The molecule has 0 unspecified atom stereocenters. The van der Waals surface area contributed by atoms with Crippen LogP contribution in [0.2, 0.25) is 10.0 Å². The van der Waals surface area contributed by atoms with Crippen LogP contribution in [0.5, 0.6) is 11.5 Å². The van der Waals surface area contributed by atoms with Gasteiger partial charge in [0, 0.05) is 5.02 Å². The summed E-state index contributed by atoms with van der Waals surface area (Å²) in [6.45, 7) is 1.72. The van der Waals surface area contributed by atoms with Crippen LogP contribution in [-0.2, 0) is 14.3 Å². The van der Waals surface area contributed by atoms with Crippen molar-refractivity contribution in [3.63, 3.8) is 0 Å². The van der Waals surface area contributed by atoms with Crippen LogP contribution >= 0.6 is 23.2 Å². The number of carbonyl (C=O) groups excluding carboxylic acids is 2. The van der Waals surface area contributed by atoms with Gasteiger partial charge >= 0.3 is 5.97 Å². The molecule has 8 heteroatoms. The second-order valence-electron chi connectivity index (χ2n) is 5.77. The molecule has 0 saturated heterocycles. The molecule has 2 aromatic carbocycles. The third-order valence-corrected chi connectivity index (χ3v) is 4.31. The second-order valence-corrected chi connectivity index (χ2v) is 6.61. The molecular weight excluding hydrogens is 405 g/mol. The van der Waals surface area contributed by atoms with Crippen molar-refractivity contribution in [1.82, 2.24) is 5.32 Å². The van der Waals surface area contributed by atoms with Gasteiger partial charge in [0.2, 0.25) is 0 Å². The summed E-state index contributed by atoms with van der Waals surface area (Å²) >= 11 is 11.9. The Morgan fingerprint density at radius 1 is 1.11 bits per heavy atom. The first kappa shape index (κ1) is 21.9. The molecule has 0 bridgehead atoms. The van der Waals surface area contributed by atoms with Crippen molar-refractivity contribution in [1.29, 1.82) is 0 Å². The first-order valence-electron chi connectivity index (χ1n) is 8.59. The molecule has 0 spiro atoms. The third kappa shape index (κ3) is 6.62. The van der Waals surface area contributed by atoms with Crippen LogP contribution in [-0.4, -0.2) is 32.2 Å². The van der Waals surface area contributed by atoms with Gasteiger partial charge in [0.05, 0.1) is 31.2 Å². The molecule has 0 aromatic heterocycles. The van der Waals surface area contributed by atoms with Gasteiger partial charge in [0.15, 0.2) is 6.61 Å². The molecule has 28 heavy (non-hydrogen) atoms. The van der Waals surface area contributed by atoms with Gasteiger partial charge in [-0.25, -0.2) is 0 Å². The standard InChI is InChI=1S/C20H21Cl2NO5/c1-3-27-20(25)11-17(13-4-7-15(26-2)8-5-13)23-19(24)12-28-18-9-6-14(21)10-16(18)22/h4-10,17H,3,11-12H2,1-2H3,(H,23,24)/t17-/m0/s1. The predicted octanol–water partition coefficient (Wildman–Crippen LogP) is 4.19. The summed E-state index contributed by atoms with van der Waals surface area (Å²) in [5.41, 5.74) is 0.742. The van der Waals surface area contributed by atoms with Gasteiger partial charge in [-0.3, -0.25) is 9.59 Å². The quantitative estimate of drug-likeness (QED) is 0.609. The van der Waals surface area contributed by atoms with E-state index in [1.807, 2.05) is 0 Å². The van der Waals surface area contributed by atoms with Crippen LogP contribution in [0.4, 0.5) is 0 Å². The fourth-order valence-corrected chi connectivity index (χ4v) is 2.91. The van der Waals surface area contributed by atoms with Crippen molar-refractivity contribution >= 4 is 35.1 Å². The summed E-state index contributed by atoms with van der Waals surface area (Å²) in [5.74, 6) is 0.194. The molecule has 0 aliphatic carbocycles. The maximum atomic E-state index is 12.4. The number of amides is 1. The molecular formula is C20H21Cl2NO5. The number of benzene rings is 2. The molecule has 0 radical (unpaired) electrons. The lowest BCUT2D eigenvalue weighted by molar-refractivity contribution is -0.143. The highest BCUT2D eigenvalue weighted by Gasteiger charge is 2.20. The van der Waals surface area contributed by atoms with Gasteiger partial charge in [-0.2, -0.15) is 0 Å². The zero-order valence-corrected chi connectivity index (χ0v) is 17.0. The van der Waals surface area contributed by atoms with E-state index < -0.39 is 17.9 Å². The Morgan fingerprint density at radius 2 is 1.82 bits per heavy atom. The fourth-order valence-electron chi connectivity index (χ4n) is 2.45. The highest BCUT2D eigenvalue weighted by Crippen LogP contribution is 2.27. The maximum absolute atomic E-state index is 12.4. The van der Waals surface area contributed by atoms with Crippen molar-refractivity contribution in [2.75, 3.05) is 20.3 Å². The number of hydrogen-bond donors (Lipinski definition) is 1. The predicted molar refractivity (Wildman–Crippen MR) is 107 cm³/mol. The summed E-state index contributed by atoms with van der Waals surface area (Å²) < 4.78 is 15.6. The largest absolute Gasteiger partial charge is 0.497 e. The van der Waals surface area contributed by atoms with Gasteiger partial charge < -0.3 is 19.5 Å². The van der Waals surface area contributed by atoms with Gasteiger partial charge in [-0.15, -0.1) is 0 Å². The lowest BCUT2D eigenvalue weighted by Gasteiger charge is -2.19. The number of carbonyl (C=O) groups is 2. The van der Waals surface area contributed by atoms with Crippen LogP contribution in [0.15, 0.2) is 42.5 Å². The van der Waals surface area contributed by atoms with E-state index in [0.717, 1.165) is 5.56 Å². The molecule has 0 saturated carbocycles. The van der Waals surface area contributed by atoms with E-state index in [-0.39, 0.29) is 19.6 Å². The van der Waals surface area contributed by atoms with Crippen molar-refractivity contribution in [2.24, 2.45) is 0 Å². The number of methoxy groups -OCH3 is 1. The average Bonchev–Trinajstić information content (AvgIpc) is 2.67. The smallest absolute Gasteiger partial charge is 0.308 e. The number of esters is 1. The summed E-state index contributed by atoms with van der Waals surface area (Å²) in [5, 5.41) is 3.56. The van der Waals surface area contributed by atoms with Crippen molar-refractivity contribution < 1.29 is 23.8 Å². The first-order chi connectivity index (χ1) is 13.4. The van der Waals surface area contributed by atoms with Crippen LogP contribution in [0.3, 0.4) is 0 Å². The molecule has 150 valence electrons. The van der Waals surface area contributed by atoms with E-state index in [4.69, 9.17) is 37.4 Å². The molecule has 1 atom stereocenters. The lowest BCUT2D eigenvalue weighted by Crippen LogP contribution is -2.34. The second kappa shape index (κ2) is 10.8. The van der Waals surface area contributed by atoms with Gasteiger partial charge in [0.1, 0.15) is 11.5 Å². The molecule has 1 N–H and O–H groups in total. The van der Waals surface area contributed by atoms with Gasteiger partial charge in [-0.05, 0) is 42.8 Å². The Balaban J connectivity index is 2.04. The van der Waals surface area contributed by atoms with E-state index in [2.05, 4.69) is 5.32 Å². The minimum atomic E-state index is -0.568. The minimum Gasteiger partial charge on any atom is -0.497 e. The van der Waals surface area contributed by atoms with Crippen LogP contribution in [0.25, 0.3) is 0 Å². The lowest BCUT2D eigenvalue weighted by atomic mass is 10.0. The van der Waals surface area contributed by atoms with E-state index in [1.54, 1.807) is 50.4 Å². The van der Waals surface area contributed by atoms with Crippen molar-refractivity contribution in [3.8, 4) is 11.5 Å². The monoisotopic (exact) mass is 425 g/mol. The SMILES string of the molecule is CCOC(=O)C[C@H](NC(=O)COc1ccc(Cl)cc1Cl)c1ccc(OC)cc1. The molecule has 6 nitrogen and oxygen atoms in total. The molecule has 0 fully saturated rings. The molecule has 0 aliphatic rings. The number of halogens is 2. The Labute approximate surface area is 173 Å². The highest BCUT2D eigenvalue weighted by molar-refractivity contribution is 6.35. The van der Waals surface area contributed by atoms with Crippen molar-refractivity contribution in [3.05, 3.63) is 58.1 Å². The third-order valence-electron chi connectivity index (χ3n) is 3.78. The molecule has 0 heterocycles. The molecule has 2 aromatic rings. The molecule has 2 rings (SSSR count). The summed E-state index contributed by atoms with van der Waals surface area (Å²) in [6.07, 6.45) is -0.00634. The normalized spacial score (nSPS) is 11.4. The summed E-state index contributed by atoms with van der Waals surface area (Å²) in [6, 6.07) is 11.2. The van der Waals surface area contributed by atoms with E-state index in [1.165, 1.54) is 6.07 Å². The average molecular weight is 426 g/mol. The topological polar surface area (TPSA) is 73.9 Å². The zero-order chi connectivity index (χ0) is 20.5. The van der Waals surface area contributed by atoms with Gasteiger partial charge in [0.25, 0.3) is 5.91 Å². The van der Waals surface area contributed by atoms with Gasteiger partial charge in [-0.1, -0.05) is 35.3 Å². The zero-order valence-electron chi connectivity index (χ0n) is 15.5. The fraction of sp³-hybridized carbons (Fsp3) is 0.300.